The Balaban J connectivity index is 4.12. The molecule has 0 bridgehead atoms. The summed E-state index contributed by atoms with van der Waals surface area (Å²) in [5.41, 5.74) is 5.70. The summed E-state index contributed by atoms with van der Waals surface area (Å²) >= 11 is 1.56. The third-order valence-electron chi connectivity index (χ3n) is 2.74. The van der Waals surface area contributed by atoms with Crippen LogP contribution in [0.25, 0.3) is 0 Å². The van der Waals surface area contributed by atoms with E-state index in [-0.39, 0.29) is 17.8 Å². The van der Waals surface area contributed by atoms with Gasteiger partial charge in [0, 0.05) is 17.6 Å². The number of aliphatic hydroxyl groups excluding tert-OH is 1. The van der Waals surface area contributed by atoms with Gasteiger partial charge in [0.1, 0.15) is 6.54 Å². The van der Waals surface area contributed by atoms with Gasteiger partial charge in [0.05, 0.1) is 6.04 Å². The number of thioether (sulfide) groups is 1. The molecule has 0 radical (unpaired) electrons. The minimum atomic E-state index is -1.09. The second kappa shape index (κ2) is 10.1. The molecule has 6 nitrogen and oxygen atoms in total. The fourth-order valence-corrected chi connectivity index (χ4v) is 2.95. The molecule has 0 aliphatic rings. The number of rotatable bonds is 10. The Bertz CT molecular complexity index is 289. The van der Waals surface area contributed by atoms with Crippen LogP contribution in [0.1, 0.15) is 26.7 Å². The maximum absolute atomic E-state index is 11.5. The van der Waals surface area contributed by atoms with Crippen LogP contribution in [-0.2, 0) is 9.59 Å². The first-order valence-corrected chi connectivity index (χ1v) is 7.44. The third kappa shape index (κ3) is 8.07. The highest BCUT2D eigenvalue weighted by molar-refractivity contribution is 8.00. The lowest BCUT2D eigenvalue weighted by atomic mass is 10.1. The van der Waals surface area contributed by atoms with Gasteiger partial charge >= 0.3 is 5.97 Å². The highest BCUT2D eigenvalue weighted by Gasteiger charge is 2.20. The number of hydrogen-bond acceptors (Lipinski definition) is 5. The smallest absolute Gasteiger partial charge is 0.322 e. The van der Waals surface area contributed by atoms with Crippen LogP contribution in [0.3, 0.4) is 0 Å². The highest BCUT2D eigenvalue weighted by atomic mass is 32.2. The minimum absolute atomic E-state index is 0.109. The molecule has 5 N–H and O–H groups in total. The molecule has 0 aliphatic heterocycles. The van der Waals surface area contributed by atoms with E-state index in [1.807, 2.05) is 6.92 Å². The molecule has 0 fully saturated rings. The van der Waals surface area contributed by atoms with Crippen molar-refractivity contribution >= 4 is 23.6 Å². The number of carboxylic acid groups (broad SMARTS) is 1. The zero-order chi connectivity index (χ0) is 14.8. The van der Waals surface area contributed by atoms with E-state index in [1.54, 1.807) is 11.8 Å². The van der Waals surface area contributed by atoms with E-state index in [0.717, 1.165) is 12.8 Å². The second-order valence-corrected chi connectivity index (χ2v) is 5.81. The molecule has 0 aliphatic carbocycles. The fourth-order valence-electron chi connectivity index (χ4n) is 1.53. The summed E-state index contributed by atoms with van der Waals surface area (Å²) in [4.78, 5) is 21.8. The van der Waals surface area contributed by atoms with Crippen molar-refractivity contribution in [3.05, 3.63) is 0 Å². The number of carbonyl (C=O) groups excluding carboxylic acids is 1. The van der Waals surface area contributed by atoms with Crippen LogP contribution in [-0.4, -0.2) is 52.3 Å². The van der Waals surface area contributed by atoms with E-state index in [4.69, 9.17) is 15.9 Å². The van der Waals surface area contributed by atoms with Gasteiger partial charge in [-0.1, -0.05) is 20.3 Å². The minimum Gasteiger partial charge on any atom is -0.480 e. The van der Waals surface area contributed by atoms with Gasteiger partial charge in [-0.2, -0.15) is 11.8 Å². The summed E-state index contributed by atoms with van der Waals surface area (Å²) in [6.45, 7) is 3.72. The average Bonchev–Trinajstić information content (AvgIpc) is 2.39. The van der Waals surface area contributed by atoms with Crippen LogP contribution in [0.5, 0.6) is 0 Å². The van der Waals surface area contributed by atoms with Crippen LogP contribution in [0, 0.1) is 5.92 Å². The SMILES string of the molecule is CCCC(SC[C@H](N)C(=O)NCC(=O)O)C(C)CO. The van der Waals surface area contributed by atoms with Crippen LogP contribution in [0.2, 0.25) is 0 Å². The van der Waals surface area contributed by atoms with E-state index in [0.29, 0.717) is 5.75 Å². The van der Waals surface area contributed by atoms with Gasteiger partial charge in [-0.3, -0.25) is 9.59 Å². The first kappa shape index (κ1) is 18.2. The monoisotopic (exact) mass is 292 g/mol. The zero-order valence-corrected chi connectivity index (χ0v) is 12.3. The number of hydrogen-bond donors (Lipinski definition) is 4. The lowest BCUT2D eigenvalue weighted by molar-refractivity contribution is -0.138. The second-order valence-electron chi connectivity index (χ2n) is 4.54. The first-order valence-electron chi connectivity index (χ1n) is 6.39. The maximum atomic E-state index is 11.5. The van der Waals surface area contributed by atoms with Gasteiger partial charge in [0.25, 0.3) is 0 Å². The summed E-state index contributed by atoms with van der Waals surface area (Å²) in [5, 5.41) is 20.1. The molecule has 3 atom stereocenters. The number of aliphatic carboxylic acids is 1. The lowest BCUT2D eigenvalue weighted by Crippen LogP contribution is -2.44. The number of amides is 1. The summed E-state index contributed by atoms with van der Waals surface area (Å²) in [7, 11) is 0. The quantitative estimate of drug-likeness (QED) is 0.452. The Morgan fingerprint density at radius 1 is 1.42 bits per heavy atom. The molecule has 0 heterocycles. The topological polar surface area (TPSA) is 113 Å². The predicted molar refractivity (Wildman–Crippen MR) is 76.0 cm³/mol. The Morgan fingerprint density at radius 2 is 2.05 bits per heavy atom. The van der Waals surface area contributed by atoms with Crippen molar-refractivity contribution in [1.82, 2.24) is 5.32 Å². The molecule has 19 heavy (non-hydrogen) atoms. The van der Waals surface area contributed by atoms with Crippen LogP contribution < -0.4 is 11.1 Å². The van der Waals surface area contributed by atoms with Crippen molar-refractivity contribution in [3.8, 4) is 0 Å². The number of aliphatic hydroxyl groups is 1. The molecule has 112 valence electrons. The van der Waals surface area contributed by atoms with Crippen LogP contribution in [0.4, 0.5) is 0 Å². The molecule has 1 amide bonds. The van der Waals surface area contributed by atoms with Crippen molar-refractivity contribution in [3.63, 3.8) is 0 Å². The third-order valence-corrected chi connectivity index (χ3v) is 4.42. The number of nitrogens with one attached hydrogen (secondary N) is 1. The molecule has 0 saturated heterocycles. The number of nitrogens with two attached hydrogens (primary N) is 1. The molecule has 0 aromatic rings. The molecular weight excluding hydrogens is 268 g/mol. The van der Waals surface area contributed by atoms with Gasteiger partial charge in [-0.25, -0.2) is 0 Å². The van der Waals surface area contributed by atoms with Crippen molar-refractivity contribution in [2.24, 2.45) is 11.7 Å². The highest BCUT2D eigenvalue weighted by Crippen LogP contribution is 2.24. The summed E-state index contributed by atoms with van der Waals surface area (Å²) in [6.07, 6.45) is 1.96. The number of carboxylic acids is 1. The van der Waals surface area contributed by atoms with Crippen molar-refractivity contribution in [2.45, 2.75) is 38.0 Å². The van der Waals surface area contributed by atoms with E-state index in [1.165, 1.54) is 0 Å². The Kier molecular flexibility index (Phi) is 9.63. The largest absolute Gasteiger partial charge is 0.480 e. The van der Waals surface area contributed by atoms with Gasteiger partial charge in [0.2, 0.25) is 5.91 Å². The summed E-state index contributed by atoms with van der Waals surface area (Å²) in [5.74, 6) is -0.979. The van der Waals surface area contributed by atoms with Gasteiger partial charge in [-0.05, 0) is 12.3 Å². The van der Waals surface area contributed by atoms with Gasteiger partial charge in [-0.15, -0.1) is 0 Å². The summed E-state index contributed by atoms with van der Waals surface area (Å²) < 4.78 is 0. The predicted octanol–water partition coefficient (Wildman–Crippen LogP) is 0.0448. The first-order chi connectivity index (χ1) is 8.92. The van der Waals surface area contributed by atoms with Crippen molar-refractivity contribution in [2.75, 3.05) is 18.9 Å². The van der Waals surface area contributed by atoms with Crippen LogP contribution >= 0.6 is 11.8 Å². The molecular formula is C12H24N2O4S. The molecule has 0 rings (SSSR count). The van der Waals surface area contributed by atoms with E-state index in [2.05, 4.69) is 12.2 Å². The van der Waals surface area contributed by atoms with Gasteiger partial charge in [0.15, 0.2) is 0 Å². The Labute approximate surface area is 118 Å². The van der Waals surface area contributed by atoms with Crippen molar-refractivity contribution < 1.29 is 19.8 Å². The summed E-state index contributed by atoms with van der Waals surface area (Å²) in [6, 6.07) is -0.727. The Hall–Kier alpha value is -0.790. The van der Waals surface area contributed by atoms with Crippen molar-refractivity contribution in [1.29, 1.82) is 0 Å². The number of carbonyl (C=O) groups is 2. The Morgan fingerprint density at radius 3 is 2.53 bits per heavy atom. The van der Waals surface area contributed by atoms with E-state index < -0.39 is 24.5 Å². The van der Waals surface area contributed by atoms with Crippen LogP contribution in [0.15, 0.2) is 0 Å². The lowest BCUT2D eigenvalue weighted by Gasteiger charge is -2.22. The van der Waals surface area contributed by atoms with E-state index >= 15 is 0 Å². The molecule has 2 unspecified atom stereocenters. The molecule has 0 aromatic heterocycles. The van der Waals surface area contributed by atoms with Gasteiger partial charge < -0.3 is 21.3 Å². The molecule has 0 spiro atoms. The fraction of sp³-hybridized carbons (Fsp3) is 0.833. The molecule has 0 saturated carbocycles. The maximum Gasteiger partial charge on any atom is 0.322 e. The standard InChI is InChI=1S/C12H24N2O4S/c1-3-4-10(8(2)6-15)19-7-9(13)12(18)14-5-11(16)17/h8-10,15H,3-7,13H2,1-2H3,(H,14,18)(H,16,17)/t8?,9-,10?/m0/s1. The molecule has 7 heteroatoms. The zero-order valence-electron chi connectivity index (χ0n) is 11.5. The average molecular weight is 292 g/mol. The molecule has 0 aromatic carbocycles. The van der Waals surface area contributed by atoms with E-state index in [9.17, 15) is 9.59 Å². The normalized spacial score (nSPS) is 15.6.